The summed E-state index contributed by atoms with van der Waals surface area (Å²) in [5, 5.41) is 28.9. The van der Waals surface area contributed by atoms with Gasteiger partial charge in [0.2, 0.25) is 5.75 Å². The topological polar surface area (TPSA) is 69.9 Å². The zero-order chi connectivity index (χ0) is 15.2. The molecule has 0 fully saturated rings. The lowest BCUT2D eigenvalue weighted by atomic mass is 9.91. The van der Waals surface area contributed by atoms with E-state index in [1.807, 2.05) is 0 Å². The van der Waals surface area contributed by atoms with Crippen LogP contribution in [-0.4, -0.2) is 20.9 Å². The van der Waals surface area contributed by atoms with Gasteiger partial charge in [0.15, 0.2) is 11.5 Å². The number of hydrogen-bond donors (Lipinski definition) is 3. The second kappa shape index (κ2) is 6.70. The second-order valence-corrected chi connectivity index (χ2v) is 4.58. The standard InChI is InChI=1S/C16H20O4/c1-4-7-16(8-5-2,9-6-3)20-15-13(18)10-12(17)11-14(15)19/h4-6,10-11,17-19H,1-3,7-9H2. The molecule has 0 atom stereocenters. The predicted octanol–water partition coefficient (Wildman–Crippen LogP) is 3.65. The largest absolute Gasteiger partial charge is 0.508 e. The van der Waals surface area contributed by atoms with Crippen molar-refractivity contribution in [3.8, 4) is 23.0 Å². The van der Waals surface area contributed by atoms with Gasteiger partial charge in [-0.05, 0) is 0 Å². The summed E-state index contributed by atoms with van der Waals surface area (Å²) in [6.45, 7) is 11.1. The van der Waals surface area contributed by atoms with Crippen LogP contribution in [0.5, 0.6) is 23.0 Å². The highest BCUT2D eigenvalue weighted by molar-refractivity contribution is 5.54. The Hall–Kier alpha value is -2.36. The van der Waals surface area contributed by atoms with Gasteiger partial charge in [0.05, 0.1) is 0 Å². The van der Waals surface area contributed by atoms with Crippen molar-refractivity contribution in [2.45, 2.75) is 24.9 Å². The Morgan fingerprint density at radius 3 is 1.65 bits per heavy atom. The Balaban J connectivity index is 3.20. The molecular formula is C16H20O4. The number of hydrogen-bond acceptors (Lipinski definition) is 4. The van der Waals surface area contributed by atoms with Gasteiger partial charge in [0.25, 0.3) is 0 Å². The monoisotopic (exact) mass is 276 g/mol. The first-order valence-corrected chi connectivity index (χ1v) is 6.24. The maximum absolute atomic E-state index is 9.82. The van der Waals surface area contributed by atoms with Crippen molar-refractivity contribution in [1.82, 2.24) is 0 Å². The maximum atomic E-state index is 9.82. The number of phenolic OH excluding ortho intramolecular Hbond substituents is 3. The first-order chi connectivity index (χ1) is 9.48. The summed E-state index contributed by atoms with van der Waals surface area (Å²) in [7, 11) is 0. The summed E-state index contributed by atoms with van der Waals surface area (Å²) in [4.78, 5) is 0. The molecule has 0 spiro atoms. The van der Waals surface area contributed by atoms with Gasteiger partial charge in [-0.25, -0.2) is 0 Å². The van der Waals surface area contributed by atoms with Crippen LogP contribution in [0.4, 0.5) is 0 Å². The molecule has 0 aliphatic carbocycles. The first kappa shape index (κ1) is 15.7. The zero-order valence-electron chi connectivity index (χ0n) is 11.4. The van der Waals surface area contributed by atoms with E-state index in [0.29, 0.717) is 19.3 Å². The molecule has 1 aromatic rings. The van der Waals surface area contributed by atoms with E-state index < -0.39 is 5.60 Å². The SMILES string of the molecule is C=CCC(CC=C)(CC=C)Oc1c(O)cc(O)cc1O. The van der Waals surface area contributed by atoms with Crippen LogP contribution in [0.2, 0.25) is 0 Å². The lowest BCUT2D eigenvalue weighted by Crippen LogP contribution is -2.34. The summed E-state index contributed by atoms with van der Waals surface area (Å²) >= 11 is 0. The molecule has 108 valence electrons. The van der Waals surface area contributed by atoms with Gasteiger partial charge in [-0.3, -0.25) is 0 Å². The maximum Gasteiger partial charge on any atom is 0.203 e. The Bertz CT molecular complexity index is 456. The molecule has 0 aromatic heterocycles. The third-order valence-electron chi connectivity index (χ3n) is 2.90. The number of rotatable bonds is 8. The smallest absolute Gasteiger partial charge is 0.203 e. The fourth-order valence-electron chi connectivity index (χ4n) is 2.07. The van der Waals surface area contributed by atoms with E-state index in [4.69, 9.17) is 4.74 Å². The molecule has 1 aromatic carbocycles. The summed E-state index contributed by atoms with van der Waals surface area (Å²) in [6.07, 6.45) is 6.56. The van der Waals surface area contributed by atoms with Gasteiger partial charge >= 0.3 is 0 Å². The van der Waals surface area contributed by atoms with Crippen LogP contribution in [0.15, 0.2) is 50.1 Å². The minimum absolute atomic E-state index is 0.0756. The van der Waals surface area contributed by atoms with Crippen LogP contribution in [0.25, 0.3) is 0 Å². The highest BCUT2D eigenvalue weighted by atomic mass is 16.5. The van der Waals surface area contributed by atoms with Crippen LogP contribution in [0, 0.1) is 0 Å². The molecule has 3 N–H and O–H groups in total. The molecule has 0 aliphatic heterocycles. The summed E-state index contributed by atoms with van der Waals surface area (Å²) in [5.74, 6) is -0.976. The van der Waals surface area contributed by atoms with Crippen molar-refractivity contribution >= 4 is 0 Å². The molecule has 0 aliphatic rings. The van der Waals surface area contributed by atoms with Crippen molar-refractivity contribution < 1.29 is 20.1 Å². The third-order valence-corrected chi connectivity index (χ3v) is 2.90. The number of ether oxygens (including phenoxy) is 1. The van der Waals surface area contributed by atoms with Crippen LogP contribution in [0.1, 0.15) is 19.3 Å². The van der Waals surface area contributed by atoms with Gasteiger partial charge in [0, 0.05) is 31.4 Å². The Morgan fingerprint density at radius 1 is 0.900 bits per heavy atom. The molecular weight excluding hydrogens is 256 g/mol. The van der Waals surface area contributed by atoms with E-state index in [-0.39, 0.29) is 23.0 Å². The van der Waals surface area contributed by atoms with E-state index in [2.05, 4.69) is 19.7 Å². The van der Waals surface area contributed by atoms with E-state index in [1.165, 1.54) is 0 Å². The molecule has 1 rings (SSSR count). The average Bonchev–Trinajstić information content (AvgIpc) is 2.35. The molecule has 0 bridgehead atoms. The zero-order valence-corrected chi connectivity index (χ0v) is 11.4. The highest BCUT2D eigenvalue weighted by Crippen LogP contribution is 2.43. The number of benzene rings is 1. The minimum atomic E-state index is -0.725. The van der Waals surface area contributed by atoms with Gasteiger partial charge in [0.1, 0.15) is 11.4 Å². The van der Waals surface area contributed by atoms with Gasteiger partial charge in [-0.2, -0.15) is 0 Å². The molecule has 0 saturated heterocycles. The Labute approximate surface area is 119 Å². The lowest BCUT2D eigenvalue weighted by Gasteiger charge is -2.32. The van der Waals surface area contributed by atoms with E-state index in [0.717, 1.165) is 12.1 Å². The van der Waals surface area contributed by atoms with E-state index in [1.54, 1.807) is 18.2 Å². The van der Waals surface area contributed by atoms with Crippen molar-refractivity contribution in [2.75, 3.05) is 0 Å². The molecule has 0 heterocycles. The van der Waals surface area contributed by atoms with Crippen molar-refractivity contribution in [1.29, 1.82) is 0 Å². The molecule has 20 heavy (non-hydrogen) atoms. The predicted molar refractivity (Wildman–Crippen MR) is 79.2 cm³/mol. The Kier molecular flexibility index (Phi) is 5.26. The molecule has 4 nitrogen and oxygen atoms in total. The summed E-state index contributed by atoms with van der Waals surface area (Å²) in [6, 6.07) is 2.21. The highest BCUT2D eigenvalue weighted by Gasteiger charge is 2.30. The molecule has 0 unspecified atom stereocenters. The summed E-state index contributed by atoms with van der Waals surface area (Å²) in [5.41, 5.74) is -0.725. The van der Waals surface area contributed by atoms with E-state index in [9.17, 15) is 15.3 Å². The average molecular weight is 276 g/mol. The number of aromatic hydroxyl groups is 3. The molecule has 4 heteroatoms. The van der Waals surface area contributed by atoms with Crippen LogP contribution >= 0.6 is 0 Å². The van der Waals surface area contributed by atoms with Crippen molar-refractivity contribution in [3.05, 3.63) is 50.1 Å². The first-order valence-electron chi connectivity index (χ1n) is 6.24. The second-order valence-electron chi connectivity index (χ2n) is 4.58. The van der Waals surface area contributed by atoms with Crippen molar-refractivity contribution in [3.63, 3.8) is 0 Å². The van der Waals surface area contributed by atoms with Gasteiger partial charge < -0.3 is 20.1 Å². The van der Waals surface area contributed by atoms with Crippen LogP contribution < -0.4 is 4.74 Å². The normalized spacial score (nSPS) is 10.8. The fourth-order valence-corrected chi connectivity index (χ4v) is 2.07. The van der Waals surface area contributed by atoms with E-state index >= 15 is 0 Å². The van der Waals surface area contributed by atoms with Gasteiger partial charge in [-0.1, -0.05) is 18.2 Å². The van der Waals surface area contributed by atoms with Crippen molar-refractivity contribution in [2.24, 2.45) is 0 Å². The van der Waals surface area contributed by atoms with Gasteiger partial charge in [-0.15, -0.1) is 19.7 Å². The minimum Gasteiger partial charge on any atom is -0.508 e. The van der Waals surface area contributed by atoms with Crippen LogP contribution in [0.3, 0.4) is 0 Å². The molecule has 0 amide bonds. The summed E-state index contributed by atoms with van der Waals surface area (Å²) < 4.78 is 5.82. The fraction of sp³-hybridized carbons (Fsp3) is 0.250. The lowest BCUT2D eigenvalue weighted by molar-refractivity contribution is 0.0707. The Morgan fingerprint density at radius 2 is 1.30 bits per heavy atom. The third kappa shape index (κ3) is 3.57. The molecule has 0 radical (unpaired) electrons. The van der Waals surface area contributed by atoms with Crippen LogP contribution in [-0.2, 0) is 0 Å². The molecule has 0 saturated carbocycles. The quantitative estimate of drug-likeness (QED) is 0.634. The number of phenols is 3.